The van der Waals surface area contributed by atoms with Gasteiger partial charge in [0.05, 0.1) is 10.1 Å². The van der Waals surface area contributed by atoms with Crippen molar-refractivity contribution in [2.45, 2.75) is 12.2 Å². The summed E-state index contributed by atoms with van der Waals surface area (Å²) < 4.78 is 28.5. The van der Waals surface area contributed by atoms with E-state index in [1.165, 1.54) is 16.2 Å². The average molecular weight is 326 g/mol. The molecule has 2 aromatic heterocycles. The minimum Gasteiger partial charge on any atom is -0.355 e. The zero-order chi connectivity index (χ0) is 15.0. The Labute approximate surface area is 126 Å². The number of thiophene rings is 1. The molecule has 1 fully saturated rings. The molecule has 21 heavy (non-hydrogen) atoms. The lowest BCUT2D eigenvalue weighted by Crippen LogP contribution is -2.57. The van der Waals surface area contributed by atoms with Crippen molar-refractivity contribution in [3.63, 3.8) is 0 Å². The molecule has 2 aromatic rings. The van der Waals surface area contributed by atoms with Gasteiger partial charge in [0, 0.05) is 24.9 Å². The van der Waals surface area contributed by atoms with Gasteiger partial charge >= 0.3 is 0 Å². The van der Waals surface area contributed by atoms with Gasteiger partial charge in [0.15, 0.2) is 21.3 Å². The number of hydrogen-bond acceptors (Lipinski definition) is 6. The van der Waals surface area contributed by atoms with Gasteiger partial charge in [-0.2, -0.15) is 0 Å². The SMILES string of the molecule is CCS(=O)(=O)C1CN(C(=O)c2cc(-c3cccs3)on2)C1. The summed E-state index contributed by atoms with van der Waals surface area (Å²) in [5, 5.41) is 5.24. The second-order valence-electron chi connectivity index (χ2n) is 4.84. The van der Waals surface area contributed by atoms with Gasteiger partial charge in [-0.15, -0.1) is 11.3 Å². The normalized spacial score (nSPS) is 16.0. The van der Waals surface area contributed by atoms with Crippen molar-refractivity contribution < 1.29 is 17.7 Å². The van der Waals surface area contributed by atoms with E-state index in [2.05, 4.69) is 5.16 Å². The highest BCUT2D eigenvalue weighted by Gasteiger charge is 2.39. The molecule has 3 rings (SSSR count). The third-order valence-electron chi connectivity index (χ3n) is 3.54. The Balaban J connectivity index is 1.68. The monoisotopic (exact) mass is 326 g/mol. The summed E-state index contributed by atoms with van der Waals surface area (Å²) >= 11 is 1.50. The van der Waals surface area contributed by atoms with Crippen LogP contribution in [0.5, 0.6) is 0 Å². The Morgan fingerprint density at radius 1 is 1.52 bits per heavy atom. The summed E-state index contributed by atoms with van der Waals surface area (Å²) in [7, 11) is -3.08. The van der Waals surface area contributed by atoms with Crippen molar-refractivity contribution in [2.24, 2.45) is 0 Å². The van der Waals surface area contributed by atoms with Gasteiger partial charge in [0.25, 0.3) is 5.91 Å². The first-order valence-corrected chi connectivity index (χ1v) is 9.12. The molecule has 0 spiro atoms. The minimum absolute atomic E-state index is 0.103. The van der Waals surface area contributed by atoms with Gasteiger partial charge in [-0.3, -0.25) is 4.79 Å². The Kier molecular flexibility index (Phi) is 3.58. The standard InChI is InChI=1S/C13H14N2O4S2/c1-2-21(17,18)9-7-15(8-9)13(16)10-6-11(19-14-10)12-4-3-5-20-12/h3-6,9H,2,7-8H2,1H3. The van der Waals surface area contributed by atoms with Crippen LogP contribution in [0, 0.1) is 0 Å². The van der Waals surface area contributed by atoms with Crippen LogP contribution in [0.25, 0.3) is 10.6 Å². The van der Waals surface area contributed by atoms with Gasteiger partial charge in [0.2, 0.25) is 0 Å². The molecular formula is C13H14N2O4S2. The van der Waals surface area contributed by atoms with E-state index >= 15 is 0 Å². The predicted octanol–water partition coefficient (Wildman–Crippen LogP) is 1.66. The Morgan fingerprint density at radius 2 is 2.29 bits per heavy atom. The number of carbonyl (C=O) groups excluding carboxylic acids is 1. The van der Waals surface area contributed by atoms with Crippen molar-refractivity contribution in [2.75, 3.05) is 18.8 Å². The number of sulfone groups is 1. The smallest absolute Gasteiger partial charge is 0.276 e. The second kappa shape index (κ2) is 5.27. The van der Waals surface area contributed by atoms with Crippen LogP contribution in [-0.4, -0.2) is 48.5 Å². The van der Waals surface area contributed by atoms with Gasteiger partial charge in [-0.05, 0) is 11.4 Å². The van der Waals surface area contributed by atoms with E-state index in [1.54, 1.807) is 13.0 Å². The molecule has 3 heterocycles. The molecular weight excluding hydrogens is 312 g/mol. The van der Waals surface area contributed by atoms with Crippen LogP contribution in [0.15, 0.2) is 28.1 Å². The van der Waals surface area contributed by atoms with E-state index in [9.17, 15) is 13.2 Å². The first kappa shape index (κ1) is 14.3. The fraction of sp³-hybridized carbons (Fsp3) is 0.385. The van der Waals surface area contributed by atoms with Gasteiger partial charge in [0.1, 0.15) is 0 Å². The van der Waals surface area contributed by atoms with E-state index < -0.39 is 15.1 Å². The molecule has 1 aliphatic rings. The molecule has 0 N–H and O–H groups in total. The molecule has 0 aliphatic carbocycles. The lowest BCUT2D eigenvalue weighted by atomic mass is 10.2. The van der Waals surface area contributed by atoms with Crippen molar-refractivity contribution in [3.05, 3.63) is 29.3 Å². The second-order valence-corrected chi connectivity index (χ2v) is 8.35. The van der Waals surface area contributed by atoms with Crippen LogP contribution < -0.4 is 0 Å². The highest BCUT2D eigenvalue weighted by atomic mass is 32.2. The molecule has 1 aliphatic heterocycles. The van der Waals surface area contributed by atoms with Gasteiger partial charge < -0.3 is 9.42 Å². The number of carbonyl (C=O) groups is 1. The highest BCUT2D eigenvalue weighted by Crippen LogP contribution is 2.26. The Hall–Kier alpha value is -1.67. The fourth-order valence-corrected chi connectivity index (χ4v) is 4.10. The van der Waals surface area contributed by atoms with E-state index in [4.69, 9.17) is 4.52 Å². The number of amides is 1. The third kappa shape index (κ3) is 2.60. The first-order valence-electron chi connectivity index (χ1n) is 6.52. The van der Waals surface area contributed by atoms with E-state index in [0.29, 0.717) is 5.76 Å². The molecule has 0 aromatic carbocycles. The Morgan fingerprint density at radius 3 is 2.90 bits per heavy atom. The molecule has 0 saturated carbocycles. The highest BCUT2D eigenvalue weighted by molar-refractivity contribution is 7.92. The number of hydrogen-bond donors (Lipinski definition) is 0. The molecule has 8 heteroatoms. The van der Waals surface area contributed by atoms with E-state index in [0.717, 1.165) is 4.88 Å². The Bertz CT molecular complexity index is 743. The lowest BCUT2D eigenvalue weighted by molar-refractivity contribution is 0.0648. The van der Waals surface area contributed by atoms with Crippen LogP contribution in [-0.2, 0) is 9.84 Å². The number of likely N-dealkylation sites (tertiary alicyclic amines) is 1. The largest absolute Gasteiger partial charge is 0.355 e. The summed E-state index contributed by atoms with van der Waals surface area (Å²) in [6.07, 6.45) is 0. The van der Waals surface area contributed by atoms with Crippen molar-refractivity contribution in [1.82, 2.24) is 10.1 Å². The summed E-state index contributed by atoms with van der Waals surface area (Å²) in [5.74, 6) is 0.363. The van der Waals surface area contributed by atoms with E-state index in [1.807, 2.05) is 17.5 Å². The molecule has 0 atom stereocenters. The van der Waals surface area contributed by atoms with Gasteiger partial charge in [-0.25, -0.2) is 8.42 Å². The molecule has 6 nitrogen and oxygen atoms in total. The predicted molar refractivity (Wildman–Crippen MR) is 79.0 cm³/mol. The van der Waals surface area contributed by atoms with Crippen LogP contribution in [0.3, 0.4) is 0 Å². The number of nitrogens with zero attached hydrogens (tertiary/aromatic N) is 2. The summed E-state index contributed by atoms with van der Waals surface area (Å²) in [5.41, 5.74) is 0.214. The molecule has 1 saturated heterocycles. The molecule has 0 radical (unpaired) electrons. The zero-order valence-corrected chi connectivity index (χ0v) is 13.0. The van der Waals surface area contributed by atoms with Crippen LogP contribution in [0.2, 0.25) is 0 Å². The van der Waals surface area contributed by atoms with Crippen LogP contribution >= 0.6 is 11.3 Å². The lowest BCUT2D eigenvalue weighted by Gasteiger charge is -2.37. The van der Waals surface area contributed by atoms with Crippen molar-refractivity contribution in [1.29, 1.82) is 0 Å². The maximum Gasteiger partial charge on any atom is 0.276 e. The van der Waals surface area contributed by atoms with Crippen molar-refractivity contribution >= 4 is 27.1 Å². The van der Waals surface area contributed by atoms with Crippen molar-refractivity contribution in [3.8, 4) is 10.6 Å². The fourth-order valence-electron chi connectivity index (χ4n) is 2.14. The number of rotatable bonds is 4. The van der Waals surface area contributed by atoms with E-state index in [-0.39, 0.29) is 30.4 Å². The van der Waals surface area contributed by atoms with Crippen LogP contribution in [0.4, 0.5) is 0 Å². The quantitative estimate of drug-likeness (QED) is 0.853. The van der Waals surface area contributed by atoms with Gasteiger partial charge in [-0.1, -0.05) is 18.1 Å². The molecule has 1 amide bonds. The first-order chi connectivity index (χ1) is 10.0. The summed E-state index contributed by atoms with van der Waals surface area (Å²) in [4.78, 5) is 14.6. The third-order valence-corrected chi connectivity index (χ3v) is 6.54. The topological polar surface area (TPSA) is 80.5 Å². The average Bonchev–Trinajstić information content (AvgIpc) is 3.07. The minimum atomic E-state index is -3.08. The van der Waals surface area contributed by atoms with Crippen LogP contribution in [0.1, 0.15) is 17.4 Å². The summed E-state index contributed by atoms with van der Waals surface area (Å²) in [6.45, 7) is 2.08. The molecule has 112 valence electrons. The summed E-state index contributed by atoms with van der Waals surface area (Å²) in [6, 6.07) is 5.36. The molecule has 0 bridgehead atoms. The maximum atomic E-state index is 12.2. The molecule has 0 unspecified atom stereocenters. The number of aromatic nitrogens is 1. The zero-order valence-electron chi connectivity index (χ0n) is 11.4. The maximum absolute atomic E-state index is 12.2.